The minimum atomic E-state index is -0.778. The largest absolute Gasteiger partial charge is 0.307 e. The zero-order chi connectivity index (χ0) is 10.1. The van der Waals surface area contributed by atoms with Gasteiger partial charge in [0.1, 0.15) is 0 Å². The Morgan fingerprint density at radius 1 is 1.21 bits per heavy atom. The van der Waals surface area contributed by atoms with Crippen molar-refractivity contribution in [3.63, 3.8) is 0 Å². The molecule has 0 radical (unpaired) electrons. The van der Waals surface area contributed by atoms with Gasteiger partial charge in [-0.3, -0.25) is 0 Å². The van der Waals surface area contributed by atoms with Crippen LogP contribution in [0.5, 0.6) is 0 Å². The third-order valence-corrected chi connectivity index (χ3v) is 2.72. The maximum atomic E-state index is 12.9. The maximum Gasteiger partial charge on any atom is 0.159 e. The van der Waals surface area contributed by atoms with E-state index in [2.05, 4.69) is 12.2 Å². The predicted octanol–water partition coefficient (Wildman–Crippen LogP) is 2.78. The quantitative estimate of drug-likeness (QED) is 0.730. The van der Waals surface area contributed by atoms with Gasteiger partial charge in [0, 0.05) is 12.1 Å². The maximum absolute atomic E-state index is 12.9. The Kier molecular flexibility index (Phi) is 2.50. The summed E-state index contributed by atoms with van der Waals surface area (Å²) in [4.78, 5) is 0. The molecule has 1 nitrogen and oxygen atoms in total. The average Bonchev–Trinajstić information content (AvgIpc) is 2.57. The van der Waals surface area contributed by atoms with Gasteiger partial charge in [0.05, 0.1) is 0 Å². The summed E-state index contributed by atoms with van der Waals surface area (Å²) < 4.78 is 25.6. The molecule has 0 aromatic heterocycles. The van der Waals surface area contributed by atoms with Crippen molar-refractivity contribution in [3.8, 4) is 0 Å². The number of hydrogen-bond acceptors (Lipinski definition) is 1. The molecule has 1 aliphatic rings. The molecule has 0 amide bonds. The number of benzene rings is 1. The fraction of sp³-hybridized carbons (Fsp3) is 0.455. The third-order valence-electron chi connectivity index (χ3n) is 2.72. The van der Waals surface area contributed by atoms with Crippen LogP contribution in [0.15, 0.2) is 18.2 Å². The number of nitrogens with one attached hydrogen (secondary N) is 1. The molecule has 2 rings (SSSR count). The summed E-state index contributed by atoms with van der Waals surface area (Å²) in [6.07, 6.45) is 2.08. The van der Waals surface area contributed by atoms with Gasteiger partial charge in [-0.15, -0.1) is 0 Å². The second kappa shape index (κ2) is 3.65. The van der Waals surface area contributed by atoms with Crippen LogP contribution < -0.4 is 5.32 Å². The minimum Gasteiger partial charge on any atom is -0.307 e. The van der Waals surface area contributed by atoms with Crippen molar-refractivity contribution in [2.75, 3.05) is 0 Å². The first-order chi connectivity index (χ1) is 6.66. The second-order valence-corrected chi connectivity index (χ2v) is 3.87. The molecule has 1 saturated heterocycles. The van der Waals surface area contributed by atoms with Crippen LogP contribution in [0.4, 0.5) is 8.78 Å². The Labute approximate surface area is 82.1 Å². The van der Waals surface area contributed by atoms with Crippen molar-refractivity contribution < 1.29 is 8.78 Å². The highest BCUT2D eigenvalue weighted by Gasteiger charge is 2.22. The summed E-state index contributed by atoms with van der Waals surface area (Å²) in [7, 11) is 0. The molecule has 1 aliphatic heterocycles. The molecule has 1 fully saturated rings. The average molecular weight is 197 g/mol. The van der Waals surface area contributed by atoms with Crippen molar-refractivity contribution in [1.29, 1.82) is 0 Å². The zero-order valence-corrected chi connectivity index (χ0v) is 8.06. The highest BCUT2D eigenvalue weighted by molar-refractivity contribution is 5.22. The summed E-state index contributed by atoms with van der Waals surface area (Å²) >= 11 is 0. The van der Waals surface area contributed by atoms with E-state index in [4.69, 9.17) is 0 Å². The van der Waals surface area contributed by atoms with E-state index in [0.29, 0.717) is 6.04 Å². The standard InChI is InChI=1S/C11H13F2N/c1-7-2-5-11(14-7)8-3-4-9(12)10(13)6-8/h3-4,6-7,11,14H,2,5H2,1H3/t7-,11-/m0/s1. The fourth-order valence-corrected chi connectivity index (χ4v) is 1.92. The first kappa shape index (κ1) is 9.59. The van der Waals surface area contributed by atoms with Crippen molar-refractivity contribution in [2.45, 2.75) is 31.8 Å². The van der Waals surface area contributed by atoms with E-state index < -0.39 is 11.6 Å². The third kappa shape index (κ3) is 1.77. The van der Waals surface area contributed by atoms with E-state index >= 15 is 0 Å². The summed E-state index contributed by atoms with van der Waals surface area (Å²) in [6.45, 7) is 2.10. The molecular weight excluding hydrogens is 184 g/mol. The lowest BCUT2D eigenvalue weighted by Gasteiger charge is -2.12. The van der Waals surface area contributed by atoms with E-state index in [1.54, 1.807) is 6.07 Å². The van der Waals surface area contributed by atoms with Crippen LogP contribution >= 0.6 is 0 Å². The molecule has 1 aromatic rings. The summed E-state index contributed by atoms with van der Waals surface area (Å²) in [5, 5.41) is 3.33. The molecular formula is C11H13F2N. The number of halogens is 2. The summed E-state index contributed by atoms with van der Waals surface area (Å²) in [5.74, 6) is -1.54. The van der Waals surface area contributed by atoms with Gasteiger partial charge in [-0.05, 0) is 37.5 Å². The van der Waals surface area contributed by atoms with Crippen LogP contribution in [0.25, 0.3) is 0 Å². The minimum absolute atomic E-state index is 0.181. The van der Waals surface area contributed by atoms with Gasteiger partial charge >= 0.3 is 0 Å². The van der Waals surface area contributed by atoms with Crippen molar-refractivity contribution >= 4 is 0 Å². The SMILES string of the molecule is C[C@H]1CC[C@@H](c2ccc(F)c(F)c2)N1. The van der Waals surface area contributed by atoms with E-state index in [0.717, 1.165) is 18.4 Å². The smallest absolute Gasteiger partial charge is 0.159 e. The molecule has 1 N–H and O–H groups in total. The molecule has 0 bridgehead atoms. The van der Waals surface area contributed by atoms with Gasteiger partial charge in [-0.2, -0.15) is 0 Å². The van der Waals surface area contributed by atoms with Crippen LogP contribution in [0.3, 0.4) is 0 Å². The Balaban J connectivity index is 2.20. The van der Waals surface area contributed by atoms with Crippen molar-refractivity contribution in [1.82, 2.24) is 5.32 Å². The van der Waals surface area contributed by atoms with Crippen LogP contribution in [0.1, 0.15) is 31.4 Å². The Bertz CT molecular complexity index is 338. The van der Waals surface area contributed by atoms with Gasteiger partial charge in [-0.25, -0.2) is 8.78 Å². The van der Waals surface area contributed by atoms with Gasteiger partial charge in [0.15, 0.2) is 11.6 Å². The molecule has 0 aliphatic carbocycles. The number of rotatable bonds is 1. The van der Waals surface area contributed by atoms with Gasteiger partial charge in [-0.1, -0.05) is 6.07 Å². The predicted molar refractivity (Wildman–Crippen MR) is 50.9 cm³/mol. The summed E-state index contributed by atoms with van der Waals surface area (Å²) in [6, 6.07) is 4.77. The Morgan fingerprint density at radius 2 is 2.00 bits per heavy atom. The van der Waals surface area contributed by atoms with E-state index in [1.807, 2.05) is 0 Å². The van der Waals surface area contributed by atoms with Crippen molar-refractivity contribution in [3.05, 3.63) is 35.4 Å². The normalized spacial score (nSPS) is 26.8. The fourth-order valence-electron chi connectivity index (χ4n) is 1.92. The molecule has 76 valence electrons. The van der Waals surface area contributed by atoms with Gasteiger partial charge in [0.2, 0.25) is 0 Å². The first-order valence-corrected chi connectivity index (χ1v) is 4.88. The van der Waals surface area contributed by atoms with E-state index in [9.17, 15) is 8.78 Å². The lowest BCUT2D eigenvalue weighted by atomic mass is 10.1. The molecule has 1 heterocycles. The molecule has 2 atom stereocenters. The topological polar surface area (TPSA) is 12.0 Å². The van der Waals surface area contributed by atoms with Crippen LogP contribution in [-0.4, -0.2) is 6.04 Å². The van der Waals surface area contributed by atoms with E-state index in [1.165, 1.54) is 12.1 Å². The second-order valence-electron chi connectivity index (χ2n) is 3.87. The molecule has 0 saturated carbocycles. The summed E-state index contributed by atoms with van der Waals surface area (Å²) in [5.41, 5.74) is 0.841. The molecule has 0 spiro atoms. The molecule has 0 unspecified atom stereocenters. The Hall–Kier alpha value is -0.960. The highest BCUT2D eigenvalue weighted by atomic mass is 19.2. The monoisotopic (exact) mass is 197 g/mol. The number of hydrogen-bond donors (Lipinski definition) is 1. The van der Waals surface area contributed by atoms with Crippen LogP contribution in [-0.2, 0) is 0 Å². The lowest BCUT2D eigenvalue weighted by molar-refractivity contribution is 0.502. The van der Waals surface area contributed by atoms with Crippen LogP contribution in [0, 0.1) is 11.6 Å². The molecule has 1 aromatic carbocycles. The molecule has 3 heteroatoms. The first-order valence-electron chi connectivity index (χ1n) is 4.88. The van der Waals surface area contributed by atoms with Gasteiger partial charge < -0.3 is 5.32 Å². The highest BCUT2D eigenvalue weighted by Crippen LogP contribution is 2.26. The lowest BCUT2D eigenvalue weighted by Crippen LogP contribution is -2.20. The van der Waals surface area contributed by atoms with E-state index in [-0.39, 0.29) is 6.04 Å². The Morgan fingerprint density at radius 3 is 2.57 bits per heavy atom. The zero-order valence-electron chi connectivity index (χ0n) is 8.06. The van der Waals surface area contributed by atoms with Crippen molar-refractivity contribution in [2.24, 2.45) is 0 Å². The van der Waals surface area contributed by atoms with Crippen LogP contribution in [0.2, 0.25) is 0 Å². The van der Waals surface area contributed by atoms with Gasteiger partial charge in [0.25, 0.3) is 0 Å². The molecule has 14 heavy (non-hydrogen) atoms.